The van der Waals surface area contributed by atoms with Gasteiger partial charge < -0.3 is 0 Å². The lowest BCUT2D eigenvalue weighted by Crippen LogP contribution is -2.19. The Labute approximate surface area is 333 Å². The Morgan fingerprint density at radius 1 is 0.456 bits per heavy atom. The van der Waals surface area contributed by atoms with Gasteiger partial charge >= 0.3 is 0 Å². The van der Waals surface area contributed by atoms with Crippen LogP contribution < -0.4 is 0 Å². The molecule has 2 unspecified atom stereocenters. The van der Waals surface area contributed by atoms with Crippen molar-refractivity contribution in [2.75, 3.05) is 0 Å². The average molecular weight is 744 g/mol. The minimum atomic E-state index is -0.0596. The van der Waals surface area contributed by atoms with Crippen LogP contribution >= 0.6 is 11.3 Å². The molecular formula is C53H33N3S. The quantitative estimate of drug-likeness (QED) is 0.168. The van der Waals surface area contributed by atoms with Crippen LogP contribution in [0.4, 0.5) is 0 Å². The number of allylic oxidation sites excluding steroid dienone is 1. The van der Waals surface area contributed by atoms with Crippen LogP contribution in [0, 0.1) is 5.92 Å². The van der Waals surface area contributed by atoms with Gasteiger partial charge in [0.05, 0.1) is 28.3 Å². The molecule has 4 heterocycles. The number of hydrogen-bond donors (Lipinski definition) is 0. The third-order valence-corrected chi connectivity index (χ3v) is 12.9. The Bertz CT molecular complexity index is 3360. The van der Waals surface area contributed by atoms with Gasteiger partial charge in [-0.05, 0) is 69.4 Å². The van der Waals surface area contributed by atoms with Crippen LogP contribution in [0.3, 0.4) is 0 Å². The highest BCUT2D eigenvalue weighted by Gasteiger charge is 2.29. The molecule has 3 nitrogen and oxygen atoms in total. The highest BCUT2D eigenvalue weighted by atomic mass is 32.1. The molecule has 0 spiro atoms. The van der Waals surface area contributed by atoms with Crippen molar-refractivity contribution in [3.63, 3.8) is 0 Å². The second-order valence-corrected chi connectivity index (χ2v) is 16.1. The molecule has 0 saturated heterocycles. The van der Waals surface area contributed by atoms with Gasteiger partial charge in [-0.3, -0.25) is 4.99 Å². The summed E-state index contributed by atoms with van der Waals surface area (Å²) >= 11 is 1.86. The number of hydrogen-bond acceptors (Lipinski definition) is 4. The first-order chi connectivity index (χ1) is 28.2. The number of nitrogens with zero attached hydrogens (tertiary/aromatic N) is 3. The number of dihydropyridines is 1. The van der Waals surface area contributed by atoms with E-state index in [0.29, 0.717) is 0 Å². The molecule has 0 N–H and O–H groups in total. The Hall–Kier alpha value is -7.01. The summed E-state index contributed by atoms with van der Waals surface area (Å²) in [5.74, 6) is 0.186. The van der Waals surface area contributed by atoms with Crippen LogP contribution in [0.25, 0.3) is 92.3 Å². The smallest absolute Gasteiger partial charge is 0.103 e. The molecule has 266 valence electrons. The highest BCUT2D eigenvalue weighted by Crippen LogP contribution is 2.46. The maximum absolute atomic E-state index is 5.40. The highest BCUT2D eigenvalue weighted by molar-refractivity contribution is 7.26. The van der Waals surface area contributed by atoms with Gasteiger partial charge in [0, 0.05) is 53.4 Å². The van der Waals surface area contributed by atoms with E-state index in [-0.39, 0.29) is 12.0 Å². The molecule has 1 aliphatic carbocycles. The normalized spacial score (nSPS) is 16.0. The molecule has 7 aromatic carbocycles. The summed E-state index contributed by atoms with van der Waals surface area (Å²) in [4.78, 5) is 15.9. The van der Waals surface area contributed by atoms with Gasteiger partial charge in [0.2, 0.25) is 0 Å². The van der Waals surface area contributed by atoms with E-state index in [2.05, 4.69) is 182 Å². The van der Waals surface area contributed by atoms with Crippen molar-refractivity contribution in [3.05, 3.63) is 199 Å². The molecule has 0 amide bonds. The Balaban J connectivity index is 1.01. The standard InChI is InChI=1S/C53H33N3S/c1-3-11-32(12-4-1)44-27-21-34-19-20-35-22-28-46(56-53(35)52(34)54-44)40-25-24-37(38-15-7-8-16-39(38)40)36-23-29-47-43(31-36)50-48(57-47)30-26-42-49(50)41-17-9-10-18-45(41)55-51(42)33-13-5-2-6-14-33/h1-31,34,52H. The SMILES string of the molecule is C1=CC2C=Cc3ccc(-c4ccc(-c5ccc6sc7ccc8c(-c9ccccc9)nc9ccccc9c8c7c6c5)c5ccccc45)nc3C2N=C1c1ccccc1. The predicted molar refractivity (Wildman–Crippen MR) is 241 cm³/mol. The summed E-state index contributed by atoms with van der Waals surface area (Å²) in [6.07, 6.45) is 8.90. The van der Waals surface area contributed by atoms with Crippen molar-refractivity contribution in [1.29, 1.82) is 0 Å². The van der Waals surface area contributed by atoms with Gasteiger partial charge in [-0.2, -0.15) is 0 Å². The van der Waals surface area contributed by atoms with E-state index in [9.17, 15) is 0 Å². The molecule has 2 aliphatic rings. The Morgan fingerprint density at radius 3 is 2.00 bits per heavy atom. The van der Waals surface area contributed by atoms with Crippen LogP contribution in [0.2, 0.25) is 0 Å². The number of benzene rings is 7. The molecule has 0 radical (unpaired) electrons. The lowest BCUT2D eigenvalue weighted by molar-refractivity contribution is 0.592. The molecule has 2 atom stereocenters. The first kappa shape index (κ1) is 32.3. The third kappa shape index (κ3) is 5.15. The van der Waals surface area contributed by atoms with Crippen LogP contribution in [0.5, 0.6) is 0 Å². The number of thiophene rings is 1. The van der Waals surface area contributed by atoms with Crippen LogP contribution in [0.1, 0.15) is 22.9 Å². The van der Waals surface area contributed by atoms with E-state index < -0.39 is 0 Å². The topological polar surface area (TPSA) is 38.1 Å². The zero-order valence-corrected chi connectivity index (χ0v) is 31.6. The lowest BCUT2D eigenvalue weighted by Gasteiger charge is -2.28. The first-order valence-electron chi connectivity index (χ1n) is 19.5. The molecule has 10 aromatic rings. The summed E-state index contributed by atoms with van der Waals surface area (Å²) in [6.45, 7) is 0. The molecule has 0 fully saturated rings. The molecule has 3 aromatic heterocycles. The van der Waals surface area contributed by atoms with Gasteiger partial charge in [0.15, 0.2) is 0 Å². The average Bonchev–Trinajstić information content (AvgIpc) is 3.67. The van der Waals surface area contributed by atoms with E-state index in [0.717, 1.165) is 50.6 Å². The minimum absolute atomic E-state index is 0.0596. The molecule has 4 heteroatoms. The summed E-state index contributed by atoms with van der Waals surface area (Å²) in [7, 11) is 0. The second kappa shape index (κ2) is 12.8. The summed E-state index contributed by atoms with van der Waals surface area (Å²) in [5, 5.41) is 8.60. The predicted octanol–water partition coefficient (Wildman–Crippen LogP) is 14.0. The van der Waals surface area contributed by atoms with E-state index >= 15 is 0 Å². The summed E-state index contributed by atoms with van der Waals surface area (Å²) in [5.41, 5.74) is 12.0. The zero-order chi connectivity index (χ0) is 37.5. The molecule has 0 saturated carbocycles. The van der Waals surface area contributed by atoms with Gasteiger partial charge in [0.1, 0.15) is 6.04 Å². The molecule has 0 bridgehead atoms. The van der Waals surface area contributed by atoms with E-state index in [4.69, 9.17) is 15.0 Å². The van der Waals surface area contributed by atoms with Crippen LogP contribution in [0.15, 0.2) is 187 Å². The van der Waals surface area contributed by atoms with Crippen molar-refractivity contribution in [2.45, 2.75) is 6.04 Å². The van der Waals surface area contributed by atoms with Crippen molar-refractivity contribution < 1.29 is 0 Å². The zero-order valence-electron chi connectivity index (χ0n) is 30.8. The maximum Gasteiger partial charge on any atom is 0.103 e. The van der Waals surface area contributed by atoms with Crippen molar-refractivity contribution in [1.82, 2.24) is 9.97 Å². The molecular weight excluding hydrogens is 711 g/mol. The number of aliphatic imine (C=N–C) groups is 1. The minimum Gasteiger partial charge on any atom is -0.274 e. The fraction of sp³-hybridized carbons (Fsp3) is 0.0377. The third-order valence-electron chi connectivity index (χ3n) is 11.8. The van der Waals surface area contributed by atoms with E-state index in [1.54, 1.807) is 0 Å². The second-order valence-electron chi connectivity index (χ2n) is 15.0. The van der Waals surface area contributed by atoms with E-state index in [1.807, 2.05) is 17.4 Å². The number of fused-ring (bicyclic) bond motifs is 11. The monoisotopic (exact) mass is 743 g/mol. The Kier molecular flexibility index (Phi) is 7.23. The number of para-hydroxylation sites is 1. The number of pyridine rings is 2. The van der Waals surface area contributed by atoms with Gasteiger partial charge in [-0.1, -0.05) is 152 Å². The lowest BCUT2D eigenvalue weighted by atomic mass is 9.85. The number of aromatic nitrogens is 2. The number of rotatable bonds is 4. The maximum atomic E-state index is 5.40. The summed E-state index contributed by atoms with van der Waals surface area (Å²) < 4.78 is 2.57. The molecule has 57 heavy (non-hydrogen) atoms. The fourth-order valence-corrected chi connectivity index (χ4v) is 10.2. The fourth-order valence-electron chi connectivity index (χ4n) is 9.07. The Morgan fingerprint density at radius 2 is 1.16 bits per heavy atom. The molecule has 12 rings (SSSR count). The van der Waals surface area contributed by atoms with E-state index in [1.165, 1.54) is 58.2 Å². The first-order valence-corrected chi connectivity index (χ1v) is 20.3. The van der Waals surface area contributed by atoms with Gasteiger partial charge in [-0.15, -0.1) is 11.3 Å². The van der Waals surface area contributed by atoms with Crippen molar-refractivity contribution in [2.24, 2.45) is 10.9 Å². The van der Waals surface area contributed by atoms with Crippen molar-refractivity contribution >= 4 is 75.7 Å². The van der Waals surface area contributed by atoms with Gasteiger partial charge in [-0.25, -0.2) is 9.97 Å². The largest absolute Gasteiger partial charge is 0.274 e. The van der Waals surface area contributed by atoms with Crippen LogP contribution in [-0.4, -0.2) is 15.7 Å². The van der Waals surface area contributed by atoms with Crippen LogP contribution in [-0.2, 0) is 0 Å². The van der Waals surface area contributed by atoms with Gasteiger partial charge in [0.25, 0.3) is 0 Å². The van der Waals surface area contributed by atoms with Crippen molar-refractivity contribution in [3.8, 4) is 33.6 Å². The molecule has 1 aliphatic heterocycles. The summed E-state index contributed by atoms with van der Waals surface area (Å²) in [6, 6.07) is 58.8.